The Labute approximate surface area is 193 Å². The first-order valence-corrected chi connectivity index (χ1v) is 11.2. The normalized spacial score (nSPS) is 16.3. The SMILES string of the molecule is CC1(C)C=Cc2c(ccc3c2COCC(c2ccc(Cl)cc2OCc2ccccc2)=C3)O1. The van der Waals surface area contributed by atoms with Crippen LogP contribution >= 0.6 is 11.6 Å². The van der Waals surface area contributed by atoms with Crippen molar-refractivity contribution in [3.63, 3.8) is 0 Å². The van der Waals surface area contributed by atoms with Gasteiger partial charge in [-0.25, -0.2) is 0 Å². The van der Waals surface area contributed by atoms with Crippen molar-refractivity contribution in [2.75, 3.05) is 6.61 Å². The van der Waals surface area contributed by atoms with E-state index in [1.807, 2.05) is 42.5 Å². The van der Waals surface area contributed by atoms with Crippen LogP contribution in [0.5, 0.6) is 11.5 Å². The summed E-state index contributed by atoms with van der Waals surface area (Å²) >= 11 is 6.30. The highest BCUT2D eigenvalue weighted by Crippen LogP contribution is 2.39. The first kappa shape index (κ1) is 20.9. The number of rotatable bonds is 4. The van der Waals surface area contributed by atoms with Crippen molar-refractivity contribution < 1.29 is 14.2 Å². The van der Waals surface area contributed by atoms with E-state index in [-0.39, 0.29) is 5.60 Å². The van der Waals surface area contributed by atoms with E-state index in [1.54, 1.807) is 0 Å². The van der Waals surface area contributed by atoms with Crippen molar-refractivity contribution in [3.8, 4) is 11.5 Å². The van der Waals surface area contributed by atoms with Gasteiger partial charge in [0.15, 0.2) is 0 Å². The Morgan fingerprint density at radius 2 is 1.84 bits per heavy atom. The Kier molecular flexibility index (Phi) is 5.54. The molecule has 0 saturated carbocycles. The van der Waals surface area contributed by atoms with Crippen LogP contribution in [0.3, 0.4) is 0 Å². The van der Waals surface area contributed by atoms with Crippen LogP contribution in [0.2, 0.25) is 5.02 Å². The van der Waals surface area contributed by atoms with Gasteiger partial charge in [-0.2, -0.15) is 0 Å². The molecule has 3 aromatic rings. The first-order chi connectivity index (χ1) is 15.5. The summed E-state index contributed by atoms with van der Waals surface area (Å²) in [4.78, 5) is 0. The second-order valence-electron chi connectivity index (χ2n) is 8.66. The molecular formula is C28H25ClO3. The van der Waals surface area contributed by atoms with Crippen LogP contribution in [0.4, 0.5) is 0 Å². The van der Waals surface area contributed by atoms with E-state index >= 15 is 0 Å². The van der Waals surface area contributed by atoms with Crippen LogP contribution in [0.1, 0.15) is 41.7 Å². The fraction of sp³-hybridized carbons (Fsp3) is 0.214. The highest BCUT2D eigenvalue weighted by molar-refractivity contribution is 6.30. The zero-order valence-electron chi connectivity index (χ0n) is 18.2. The Morgan fingerprint density at radius 3 is 2.69 bits per heavy atom. The van der Waals surface area contributed by atoms with Gasteiger partial charge in [-0.1, -0.05) is 54.1 Å². The van der Waals surface area contributed by atoms with E-state index in [9.17, 15) is 0 Å². The van der Waals surface area contributed by atoms with E-state index in [1.165, 1.54) is 0 Å². The van der Waals surface area contributed by atoms with Crippen molar-refractivity contribution in [3.05, 3.63) is 99.6 Å². The van der Waals surface area contributed by atoms with Crippen LogP contribution < -0.4 is 9.47 Å². The molecule has 3 aromatic carbocycles. The smallest absolute Gasteiger partial charge is 0.128 e. The number of halogens is 1. The van der Waals surface area contributed by atoms with Gasteiger partial charge in [0.2, 0.25) is 0 Å². The van der Waals surface area contributed by atoms with Crippen molar-refractivity contribution in [1.82, 2.24) is 0 Å². The zero-order valence-corrected chi connectivity index (χ0v) is 19.0. The fourth-order valence-corrected chi connectivity index (χ4v) is 4.26. The van der Waals surface area contributed by atoms with Gasteiger partial charge < -0.3 is 14.2 Å². The number of benzene rings is 3. The van der Waals surface area contributed by atoms with Crippen LogP contribution in [-0.4, -0.2) is 12.2 Å². The molecule has 0 fully saturated rings. The summed E-state index contributed by atoms with van der Waals surface area (Å²) in [5.41, 5.74) is 6.22. The molecule has 4 heteroatoms. The number of hydrogen-bond acceptors (Lipinski definition) is 3. The summed E-state index contributed by atoms with van der Waals surface area (Å²) in [6.07, 6.45) is 6.44. The third kappa shape index (κ3) is 4.32. The van der Waals surface area contributed by atoms with Gasteiger partial charge in [0, 0.05) is 16.1 Å². The van der Waals surface area contributed by atoms with E-state index < -0.39 is 0 Å². The van der Waals surface area contributed by atoms with Crippen molar-refractivity contribution >= 4 is 29.3 Å². The molecule has 0 aliphatic carbocycles. The second-order valence-corrected chi connectivity index (χ2v) is 9.10. The van der Waals surface area contributed by atoms with Crippen LogP contribution in [0.25, 0.3) is 17.7 Å². The van der Waals surface area contributed by atoms with Crippen LogP contribution in [-0.2, 0) is 18.0 Å². The minimum atomic E-state index is -0.303. The van der Waals surface area contributed by atoms with Gasteiger partial charge in [0.1, 0.15) is 23.7 Å². The third-order valence-electron chi connectivity index (χ3n) is 5.74. The predicted molar refractivity (Wildman–Crippen MR) is 130 cm³/mol. The summed E-state index contributed by atoms with van der Waals surface area (Å²) in [5, 5.41) is 0.645. The topological polar surface area (TPSA) is 27.7 Å². The molecule has 32 heavy (non-hydrogen) atoms. The van der Waals surface area contributed by atoms with Gasteiger partial charge in [0.05, 0.1) is 13.2 Å². The van der Waals surface area contributed by atoms with Crippen molar-refractivity contribution in [2.45, 2.75) is 32.7 Å². The summed E-state index contributed by atoms with van der Waals surface area (Å²) < 4.78 is 18.4. The largest absolute Gasteiger partial charge is 0.488 e. The molecule has 0 N–H and O–H groups in total. The first-order valence-electron chi connectivity index (χ1n) is 10.8. The van der Waals surface area contributed by atoms with Gasteiger partial charge in [-0.05, 0) is 72.5 Å². The summed E-state index contributed by atoms with van der Waals surface area (Å²) in [6, 6.07) is 20.1. The molecule has 2 aliphatic heterocycles. The minimum absolute atomic E-state index is 0.303. The van der Waals surface area contributed by atoms with E-state index in [0.29, 0.717) is 24.8 Å². The Balaban J connectivity index is 1.50. The standard InChI is InChI=1S/C28H25ClO3/c1-28(2)13-12-24-25-18-30-17-21(14-20(25)8-11-26(24)32-28)23-10-9-22(29)15-27(23)31-16-19-6-4-3-5-7-19/h3-15H,16-18H2,1-2H3. The molecule has 0 bridgehead atoms. The third-order valence-corrected chi connectivity index (χ3v) is 5.97. The Bertz CT molecular complexity index is 1210. The average Bonchev–Trinajstić information content (AvgIpc) is 3.00. The lowest BCUT2D eigenvalue weighted by molar-refractivity contribution is 0.148. The van der Waals surface area contributed by atoms with Crippen molar-refractivity contribution in [1.29, 1.82) is 0 Å². The summed E-state index contributed by atoms with van der Waals surface area (Å²) in [6.45, 7) is 5.61. The molecule has 0 unspecified atom stereocenters. The quantitative estimate of drug-likeness (QED) is 0.426. The second kappa shape index (κ2) is 8.50. The van der Waals surface area contributed by atoms with Gasteiger partial charge in [-0.3, -0.25) is 0 Å². The van der Waals surface area contributed by atoms with E-state index in [2.05, 4.69) is 50.3 Å². The average molecular weight is 445 g/mol. The molecule has 2 aliphatic rings. The molecule has 2 heterocycles. The molecule has 0 amide bonds. The molecule has 0 atom stereocenters. The minimum Gasteiger partial charge on any atom is -0.488 e. The molecule has 0 saturated heterocycles. The molecule has 162 valence electrons. The lowest BCUT2D eigenvalue weighted by atomic mass is 9.94. The Hall–Kier alpha value is -3.01. The van der Waals surface area contributed by atoms with Gasteiger partial charge >= 0.3 is 0 Å². The maximum Gasteiger partial charge on any atom is 0.128 e. The lowest BCUT2D eigenvalue weighted by Crippen LogP contribution is -2.27. The fourth-order valence-electron chi connectivity index (χ4n) is 4.09. The monoisotopic (exact) mass is 444 g/mol. The Morgan fingerprint density at radius 1 is 1.00 bits per heavy atom. The highest BCUT2D eigenvalue weighted by Gasteiger charge is 2.25. The van der Waals surface area contributed by atoms with Gasteiger partial charge in [0.25, 0.3) is 0 Å². The number of hydrogen-bond donors (Lipinski definition) is 0. The van der Waals surface area contributed by atoms with Gasteiger partial charge in [-0.15, -0.1) is 0 Å². The molecule has 0 spiro atoms. The predicted octanol–water partition coefficient (Wildman–Crippen LogP) is 7.17. The number of fused-ring (bicyclic) bond motifs is 3. The zero-order chi connectivity index (χ0) is 22.1. The maximum atomic E-state index is 6.30. The summed E-state index contributed by atoms with van der Waals surface area (Å²) in [5.74, 6) is 1.65. The van der Waals surface area contributed by atoms with Crippen molar-refractivity contribution in [2.24, 2.45) is 0 Å². The molecule has 0 radical (unpaired) electrons. The molecular weight excluding hydrogens is 420 g/mol. The van der Waals surface area contributed by atoms with Crippen LogP contribution in [0.15, 0.2) is 66.7 Å². The summed E-state index contributed by atoms with van der Waals surface area (Å²) in [7, 11) is 0. The number of ether oxygens (including phenoxy) is 3. The highest BCUT2D eigenvalue weighted by atomic mass is 35.5. The van der Waals surface area contributed by atoms with E-state index in [0.717, 1.165) is 44.9 Å². The lowest BCUT2D eigenvalue weighted by Gasteiger charge is -2.29. The van der Waals surface area contributed by atoms with Crippen LogP contribution in [0, 0.1) is 0 Å². The molecule has 5 rings (SSSR count). The maximum absolute atomic E-state index is 6.30. The molecule has 3 nitrogen and oxygen atoms in total. The van der Waals surface area contributed by atoms with E-state index in [4.69, 9.17) is 25.8 Å². The molecule has 0 aromatic heterocycles.